The van der Waals surface area contributed by atoms with Crippen molar-refractivity contribution in [2.24, 2.45) is 0 Å². The first-order chi connectivity index (χ1) is 14.1. The standard InChI is InChI=1S/C26H32O4/c1-17-15-21-22(25(4,5)12-11-24(21,2)3)16-20(17)26(29-13-6-14-30-26)19-9-7-18(8-10-19)23(27)28/h7-10,15-16H,6,11-14H2,1-5H3,(H,27,28). The topological polar surface area (TPSA) is 55.8 Å². The molecule has 0 saturated carbocycles. The van der Waals surface area contributed by atoms with E-state index in [-0.39, 0.29) is 16.4 Å². The summed E-state index contributed by atoms with van der Waals surface area (Å²) < 4.78 is 12.7. The van der Waals surface area contributed by atoms with E-state index in [0.29, 0.717) is 13.2 Å². The van der Waals surface area contributed by atoms with E-state index >= 15 is 0 Å². The Morgan fingerprint density at radius 1 is 0.867 bits per heavy atom. The molecular formula is C26H32O4. The highest BCUT2D eigenvalue weighted by Crippen LogP contribution is 2.49. The zero-order chi connectivity index (χ0) is 21.7. The summed E-state index contributed by atoms with van der Waals surface area (Å²) in [6.45, 7) is 12.6. The Hall–Kier alpha value is -2.17. The van der Waals surface area contributed by atoms with Crippen LogP contribution in [-0.2, 0) is 26.1 Å². The summed E-state index contributed by atoms with van der Waals surface area (Å²) in [4.78, 5) is 11.3. The minimum Gasteiger partial charge on any atom is -0.478 e. The highest BCUT2D eigenvalue weighted by Gasteiger charge is 2.44. The molecule has 0 aromatic heterocycles. The largest absolute Gasteiger partial charge is 0.478 e. The summed E-state index contributed by atoms with van der Waals surface area (Å²) in [5.74, 6) is -1.94. The zero-order valence-electron chi connectivity index (χ0n) is 18.7. The van der Waals surface area contributed by atoms with Crippen LogP contribution in [0.1, 0.15) is 85.1 Å². The second kappa shape index (κ2) is 7.21. The van der Waals surface area contributed by atoms with Gasteiger partial charge in [-0.05, 0) is 71.9 Å². The average molecular weight is 409 g/mol. The normalized spacial score (nSPS) is 21.6. The van der Waals surface area contributed by atoms with Gasteiger partial charge in [-0.1, -0.05) is 45.9 Å². The second-order valence-corrected chi connectivity index (χ2v) is 10.0. The quantitative estimate of drug-likeness (QED) is 0.710. The van der Waals surface area contributed by atoms with Crippen LogP contribution in [0.3, 0.4) is 0 Å². The van der Waals surface area contributed by atoms with Crippen molar-refractivity contribution >= 4 is 5.97 Å². The van der Waals surface area contributed by atoms with Gasteiger partial charge in [0.2, 0.25) is 5.79 Å². The Balaban J connectivity index is 1.91. The molecule has 1 aliphatic heterocycles. The minimum atomic E-state index is -1.01. The van der Waals surface area contributed by atoms with Gasteiger partial charge in [0.1, 0.15) is 0 Å². The van der Waals surface area contributed by atoms with Crippen molar-refractivity contribution in [2.75, 3.05) is 13.2 Å². The minimum absolute atomic E-state index is 0.0797. The molecule has 0 spiro atoms. The number of ether oxygens (including phenoxy) is 2. The van der Waals surface area contributed by atoms with Crippen molar-refractivity contribution in [1.29, 1.82) is 0 Å². The average Bonchev–Trinajstić information content (AvgIpc) is 2.72. The molecule has 30 heavy (non-hydrogen) atoms. The highest BCUT2D eigenvalue weighted by atomic mass is 16.7. The van der Waals surface area contributed by atoms with Gasteiger partial charge >= 0.3 is 5.97 Å². The summed E-state index contributed by atoms with van der Waals surface area (Å²) in [6, 6.07) is 11.5. The number of carbonyl (C=O) groups is 1. The van der Waals surface area contributed by atoms with Crippen LogP contribution in [0, 0.1) is 6.92 Å². The number of fused-ring (bicyclic) bond motifs is 1. The molecule has 0 bridgehead atoms. The Labute approximate surface area is 179 Å². The molecule has 4 rings (SSSR count). The van der Waals surface area contributed by atoms with Crippen molar-refractivity contribution in [3.8, 4) is 0 Å². The van der Waals surface area contributed by atoms with Crippen molar-refractivity contribution < 1.29 is 19.4 Å². The van der Waals surface area contributed by atoms with Crippen molar-refractivity contribution in [2.45, 2.75) is 70.5 Å². The first-order valence-electron chi connectivity index (χ1n) is 10.8. The van der Waals surface area contributed by atoms with E-state index in [1.165, 1.54) is 17.5 Å². The van der Waals surface area contributed by atoms with Crippen LogP contribution in [0.2, 0.25) is 0 Å². The van der Waals surface area contributed by atoms with Crippen molar-refractivity contribution in [3.05, 3.63) is 69.8 Å². The molecule has 1 fully saturated rings. The van der Waals surface area contributed by atoms with Crippen molar-refractivity contribution in [3.63, 3.8) is 0 Å². The summed E-state index contributed by atoms with van der Waals surface area (Å²) in [7, 11) is 0. The summed E-state index contributed by atoms with van der Waals surface area (Å²) in [5.41, 5.74) is 6.25. The van der Waals surface area contributed by atoms with Crippen molar-refractivity contribution in [1.82, 2.24) is 0 Å². The van der Waals surface area contributed by atoms with E-state index in [9.17, 15) is 9.90 Å². The molecule has 0 atom stereocenters. The third kappa shape index (κ3) is 3.36. The molecular weight excluding hydrogens is 376 g/mol. The Kier molecular flexibility index (Phi) is 5.06. The first kappa shape index (κ1) is 21.1. The number of hydrogen-bond acceptors (Lipinski definition) is 3. The lowest BCUT2D eigenvalue weighted by atomic mass is 9.62. The Morgan fingerprint density at radius 3 is 1.93 bits per heavy atom. The van der Waals surface area contributed by atoms with Gasteiger partial charge in [0.15, 0.2) is 0 Å². The predicted octanol–water partition coefficient (Wildman–Crippen LogP) is 5.68. The number of rotatable bonds is 3. The smallest absolute Gasteiger partial charge is 0.335 e. The lowest BCUT2D eigenvalue weighted by Crippen LogP contribution is -2.41. The predicted molar refractivity (Wildman–Crippen MR) is 117 cm³/mol. The van der Waals surface area contributed by atoms with Gasteiger partial charge in [-0.15, -0.1) is 0 Å². The van der Waals surface area contributed by atoms with Crippen LogP contribution in [0.25, 0.3) is 0 Å². The summed E-state index contributed by atoms with van der Waals surface area (Å²) in [5, 5.41) is 9.29. The maximum atomic E-state index is 11.3. The maximum absolute atomic E-state index is 11.3. The lowest BCUT2D eigenvalue weighted by molar-refractivity contribution is -0.249. The molecule has 2 aromatic carbocycles. The Bertz CT molecular complexity index is 963. The number of aryl methyl sites for hydroxylation is 1. The molecule has 0 unspecified atom stereocenters. The molecule has 4 heteroatoms. The molecule has 1 heterocycles. The molecule has 1 aliphatic carbocycles. The third-order valence-electron chi connectivity index (χ3n) is 6.96. The molecule has 160 valence electrons. The molecule has 0 radical (unpaired) electrons. The van der Waals surface area contributed by atoms with Gasteiger partial charge in [0.25, 0.3) is 0 Å². The summed E-state index contributed by atoms with van der Waals surface area (Å²) in [6.07, 6.45) is 3.15. The van der Waals surface area contributed by atoms with E-state index in [2.05, 4.69) is 46.8 Å². The number of benzene rings is 2. The first-order valence-corrected chi connectivity index (χ1v) is 10.8. The van der Waals surface area contributed by atoms with Gasteiger partial charge in [-0.2, -0.15) is 0 Å². The van der Waals surface area contributed by atoms with Gasteiger partial charge in [0.05, 0.1) is 18.8 Å². The number of hydrogen-bond donors (Lipinski definition) is 1. The zero-order valence-corrected chi connectivity index (χ0v) is 18.7. The monoisotopic (exact) mass is 408 g/mol. The fourth-order valence-electron chi connectivity index (χ4n) is 4.92. The van der Waals surface area contributed by atoms with E-state index < -0.39 is 11.8 Å². The molecule has 1 saturated heterocycles. The van der Waals surface area contributed by atoms with E-state index in [1.807, 2.05) is 12.1 Å². The molecule has 0 amide bonds. The van der Waals surface area contributed by atoms with E-state index in [0.717, 1.165) is 29.5 Å². The molecule has 1 N–H and O–H groups in total. The van der Waals surface area contributed by atoms with Crippen LogP contribution in [0.4, 0.5) is 0 Å². The molecule has 2 aromatic rings. The summed E-state index contributed by atoms with van der Waals surface area (Å²) >= 11 is 0. The van der Waals surface area contributed by atoms with Gasteiger partial charge in [-0.3, -0.25) is 0 Å². The van der Waals surface area contributed by atoms with Gasteiger partial charge in [-0.25, -0.2) is 4.79 Å². The highest BCUT2D eigenvalue weighted by molar-refractivity contribution is 5.87. The molecule has 2 aliphatic rings. The van der Waals surface area contributed by atoms with Crippen LogP contribution < -0.4 is 0 Å². The van der Waals surface area contributed by atoms with E-state index in [4.69, 9.17) is 9.47 Å². The fraction of sp³-hybridized carbons (Fsp3) is 0.500. The third-order valence-corrected chi connectivity index (χ3v) is 6.96. The second-order valence-electron chi connectivity index (χ2n) is 10.0. The number of carboxylic acids is 1. The van der Waals surface area contributed by atoms with Crippen LogP contribution in [-0.4, -0.2) is 24.3 Å². The SMILES string of the molecule is Cc1cc2c(cc1C1(c3ccc(C(=O)O)cc3)OCCCO1)C(C)(C)CCC2(C)C. The maximum Gasteiger partial charge on any atom is 0.335 e. The van der Waals surface area contributed by atoms with Gasteiger partial charge in [0, 0.05) is 11.1 Å². The van der Waals surface area contributed by atoms with E-state index in [1.54, 1.807) is 12.1 Å². The Morgan fingerprint density at radius 2 is 1.40 bits per heavy atom. The number of aromatic carboxylic acids is 1. The molecule has 4 nitrogen and oxygen atoms in total. The van der Waals surface area contributed by atoms with Gasteiger partial charge < -0.3 is 14.6 Å². The van der Waals surface area contributed by atoms with Crippen LogP contribution in [0.5, 0.6) is 0 Å². The fourth-order valence-corrected chi connectivity index (χ4v) is 4.92. The number of carboxylic acid groups (broad SMARTS) is 1. The lowest BCUT2D eigenvalue weighted by Gasteiger charge is -2.44. The van der Waals surface area contributed by atoms with Crippen LogP contribution in [0.15, 0.2) is 36.4 Å². The van der Waals surface area contributed by atoms with Crippen LogP contribution >= 0.6 is 0 Å².